The molecule has 5 rings (SSSR count). The molecule has 1 aliphatic rings. The predicted octanol–water partition coefficient (Wildman–Crippen LogP) is 4.95. The summed E-state index contributed by atoms with van der Waals surface area (Å²) in [4.78, 5) is 1.93. The molecule has 2 heterocycles. The van der Waals surface area contributed by atoms with Crippen molar-refractivity contribution in [2.24, 2.45) is 0 Å². The molecule has 1 aliphatic heterocycles. The second-order valence-electron chi connectivity index (χ2n) is 10.6. The number of hydrogen-bond acceptors (Lipinski definition) is 7. The molecule has 2 N–H and O–H groups in total. The van der Waals surface area contributed by atoms with E-state index in [9.17, 15) is 25.9 Å². The summed E-state index contributed by atoms with van der Waals surface area (Å²) in [7, 11) is -6.62. The van der Waals surface area contributed by atoms with Gasteiger partial charge in [0, 0.05) is 0 Å². The first kappa shape index (κ1) is 32.9. The molecule has 0 saturated carbocycles. The molecule has 0 radical (unpaired) electrons. The van der Waals surface area contributed by atoms with Crippen LogP contribution in [-0.4, -0.2) is 65.6 Å². The number of ether oxygens (including phenoxy) is 2. The van der Waals surface area contributed by atoms with E-state index >= 15 is 0 Å². The number of methoxy groups -OCH3 is 1. The van der Waals surface area contributed by atoms with E-state index in [1.54, 1.807) is 7.11 Å². The topological polar surface area (TPSA) is 134 Å². The van der Waals surface area contributed by atoms with E-state index in [0.717, 1.165) is 36.7 Å². The standard InChI is InChI=1S/C32H34N2O8S2Se/c1-3-23(20-32-34(16-8-18-44(38,39)40)28-22-26(41-2)12-14-30(28)45-32)19-31-33(15-7-17-43(35,36)37)27-21-25(11-13-29(27)42-31)24-9-5-4-6-10-24/h4-6,9-14,19-22H,3,7-8,15-18H2,1-2H3,(H-,35,36,37,38,39,40)/p+1. The number of aryl methyl sites for hydroxylation is 1. The average Bonchev–Trinajstić information content (AvgIpc) is 3.52. The molecule has 0 unspecified atom stereocenters. The van der Waals surface area contributed by atoms with Gasteiger partial charge in [0.15, 0.2) is 0 Å². The molecule has 10 nitrogen and oxygen atoms in total. The summed E-state index contributed by atoms with van der Waals surface area (Å²) in [6, 6.07) is 21.7. The molecule has 13 heteroatoms. The number of fused-ring (bicyclic) bond motifs is 2. The van der Waals surface area contributed by atoms with Crippen LogP contribution in [0.3, 0.4) is 0 Å². The van der Waals surface area contributed by atoms with E-state index in [0.29, 0.717) is 36.9 Å². The van der Waals surface area contributed by atoms with Crippen molar-refractivity contribution in [3.8, 4) is 22.6 Å². The first-order valence-corrected chi connectivity index (χ1v) is 19.3. The van der Waals surface area contributed by atoms with Gasteiger partial charge in [-0.25, -0.2) is 0 Å². The Bertz CT molecular complexity index is 1970. The van der Waals surface area contributed by atoms with Crippen molar-refractivity contribution >= 4 is 56.3 Å². The van der Waals surface area contributed by atoms with E-state index in [2.05, 4.69) is 10.6 Å². The number of benzene rings is 3. The summed E-state index contributed by atoms with van der Waals surface area (Å²) in [5, 5.41) is 0. The van der Waals surface area contributed by atoms with Gasteiger partial charge < -0.3 is 0 Å². The SMILES string of the molecule is CCC(=Cc1[se]c2ccc(OC)cc2[n+]1CCCS(=O)(=O)O)C=C1Oc2ccc(-c3ccccc3)cc2N1CCCS(=O)(=O)O. The molecule has 45 heavy (non-hydrogen) atoms. The van der Waals surface area contributed by atoms with Crippen LogP contribution < -0.4 is 18.9 Å². The van der Waals surface area contributed by atoms with Gasteiger partial charge in [-0.3, -0.25) is 0 Å². The van der Waals surface area contributed by atoms with Crippen molar-refractivity contribution in [3.05, 3.63) is 88.8 Å². The van der Waals surface area contributed by atoms with E-state index in [4.69, 9.17) is 9.47 Å². The fraction of sp³-hybridized carbons (Fsp3) is 0.281. The van der Waals surface area contributed by atoms with Crippen molar-refractivity contribution < 1.29 is 40.0 Å². The summed E-state index contributed by atoms with van der Waals surface area (Å²) in [5.41, 5.74) is 4.73. The van der Waals surface area contributed by atoms with Crippen LogP contribution >= 0.6 is 0 Å². The van der Waals surface area contributed by atoms with Crippen LogP contribution in [0.5, 0.6) is 11.5 Å². The summed E-state index contributed by atoms with van der Waals surface area (Å²) in [6.07, 6.45) is 5.13. The van der Waals surface area contributed by atoms with Crippen LogP contribution in [0.25, 0.3) is 27.0 Å². The van der Waals surface area contributed by atoms with E-state index in [1.165, 1.54) is 0 Å². The Morgan fingerprint density at radius 3 is 2.38 bits per heavy atom. The number of anilines is 1. The van der Waals surface area contributed by atoms with Gasteiger partial charge in [0.05, 0.1) is 0 Å². The Morgan fingerprint density at radius 1 is 0.956 bits per heavy atom. The maximum atomic E-state index is 11.5. The summed E-state index contributed by atoms with van der Waals surface area (Å²) in [6.45, 7) is 2.73. The van der Waals surface area contributed by atoms with Crippen LogP contribution in [0, 0.1) is 0 Å². The Balaban J connectivity index is 1.53. The molecule has 1 aromatic heterocycles. The van der Waals surface area contributed by atoms with Gasteiger partial charge in [-0.05, 0) is 0 Å². The number of nitrogens with zero attached hydrogens (tertiary/aromatic N) is 2. The zero-order valence-electron chi connectivity index (χ0n) is 24.9. The Kier molecular flexibility index (Phi) is 10.2. The monoisotopic (exact) mass is 719 g/mol. The number of rotatable bonds is 13. The van der Waals surface area contributed by atoms with Gasteiger partial charge in [0.2, 0.25) is 0 Å². The quantitative estimate of drug-likeness (QED) is 0.112. The van der Waals surface area contributed by atoms with Gasteiger partial charge in [0.1, 0.15) is 0 Å². The molecule has 0 aliphatic carbocycles. The molecule has 0 spiro atoms. The minimum atomic E-state index is -4.13. The third-order valence-corrected chi connectivity index (χ3v) is 11.3. The van der Waals surface area contributed by atoms with E-state index < -0.39 is 20.2 Å². The molecule has 0 amide bonds. The third-order valence-electron chi connectivity index (χ3n) is 7.37. The number of allylic oxidation sites excluding steroid dienone is 2. The fourth-order valence-corrected chi connectivity index (χ4v) is 8.56. The van der Waals surface area contributed by atoms with Gasteiger partial charge in [0.25, 0.3) is 0 Å². The van der Waals surface area contributed by atoms with Crippen molar-refractivity contribution in [2.75, 3.05) is 30.1 Å². The Labute approximate surface area is 269 Å². The van der Waals surface area contributed by atoms with Crippen molar-refractivity contribution in [1.29, 1.82) is 0 Å². The zero-order chi connectivity index (χ0) is 32.2. The normalized spacial score (nSPS) is 14.6. The second kappa shape index (κ2) is 13.9. The Morgan fingerprint density at radius 2 is 1.69 bits per heavy atom. The van der Waals surface area contributed by atoms with Crippen LogP contribution in [-0.2, 0) is 26.8 Å². The van der Waals surface area contributed by atoms with Gasteiger partial charge >= 0.3 is 264 Å². The molecule has 0 atom stereocenters. The van der Waals surface area contributed by atoms with Crippen molar-refractivity contribution in [1.82, 2.24) is 0 Å². The molecule has 0 saturated heterocycles. The average molecular weight is 719 g/mol. The van der Waals surface area contributed by atoms with Crippen molar-refractivity contribution in [2.45, 2.75) is 32.7 Å². The molecule has 0 fully saturated rings. The summed E-state index contributed by atoms with van der Waals surface area (Å²) < 4.78 is 80.5. The Hall–Kier alpha value is -3.45. The molecule has 3 aromatic carbocycles. The number of aromatic nitrogens is 1. The van der Waals surface area contributed by atoms with Gasteiger partial charge in [-0.2, -0.15) is 0 Å². The fourth-order valence-electron chi connectivity index (χ4n) is 5.17. The van der Waals surface area contributed by atoms with Gasteiger partial charge in [-0.1, -0.05) is 6.07 Å². The summed E-state index contributed by atoms with van der Waals surface area (Å²) >= 11 is -0.0716. The first-order chi connectivity index (χ1) is 21.4. The predicted molar refractivity (Wildman–Crippen MR) is 176 cm³/mol. The molecule has 238 valence electrons. The zero-order valence-corrected chi connectivity index (χ0v) is 28.3. The maximum absolute atomic E-state index is 11.5. The van der Waals surface area contributed by atoms with E-state index in [-0.39, 0.29) is 38.9 Å². The second-order valence-corrected chi connectivity index (χ2v) is 15.9. The summed E-state index contributed by atoms with van der Waals surface area (Å²) in [5.74, 6) is 1.17. The van der Waals surface area contributed by atoms with Crippen LogP contribution in [0.2, 0.25) is 0 Å². The minimum absolute atomic E-state index is 0.0716. The molecular weight excluding hydrogens is 683 g/mol. The van der Waals surface area contributed by atoms with Crippen LogP contribution in [0.4, 0.5) is 5.69 Å². The van der Waals surface area contributed by atoms with Crippen molar-refractivity contribution in [3.63, 3.8) is 0 Å². The van der Waals surface area contributed by atoms with Crippen LogP contribution in [0.15, 0.2) is 84.3 Å². The van der Waals surface area contributed by atoms with E-state index in [1.807, 2.05) is 84.6 Å². The molecular formula is C32H35N2O8S2Se+. The molecule has 4 aromatic rings. The van der Waals surface area contributed by atoms with Crippen LogP contribution in [0.1, 0.15) is 30.8 Å². The number of hydrogen-bond donors (Lipinski definition) is 2. The first-order valence-electron chi connectivity index (χ1n) is 14.4. The third kappa shape index (κ3) is 8.43. The van der Waals surface area contributed by atoms with Gasteiger partial charge in [-0.15, -0.1) is 0 Å². The molecule has 0 bridgehead atoms.